The Morgan fingerprint density at radius 1 is 1.44 bits per heavy atom. The van der Waals surface area contributed by atoms with Crippen LogP contribution in [0.3, 0.4) is 0 Å². The van der Waals surface area contributed by atoms with Crippen LogP contribution < -0.4 is 5.32 Å². The minimum Gasteiger partial charge on any atom is -0.345 e. The van der Waals surface area contributed by atoms with Gasteiger partial charge < -0.3 is 9.84 Å². The van der Waals surface area contributed by atoms with Gasteiger partial charge in [0.1, 0.15) is 0 Å². The zero-order valence-electron chi connectivity index (χ0n) is 9.88. The van der Waals surface area contributed by atoms with Gasteiger partial charge in [-0.05, 0) is 6.26 Å². The highest BCUT2D eigenvalue weighted by Crippen LogP contribution is 2.07. The number of nitrogens with one attached hydrogen (secondary N) is 1. The fourth-order valence-electron chi connectivity index (χ4n) is 1.21. The summed E-state index contributed by atoms with van der Waals surface area (Å²) in [5.41, 5.74) is 0.396. The van der Waals surface area contributed by atoms with Crippen LogP contribution in [-0.4, -0.2) is 32.3 Å². The van der Waals surface area contributed by atoms with Crippen LogP contribution in [0, 0.1) is 6.92 Å². The topological polar surface area (TPSA) is 93.8 Å². The average molecular weight is 265 g/mol. The third kappa shape index (κ3) is 3.04. The van der Waals surface area contributed by atoms with E-state index in [1.165, 1.54) is 24.2 Å². The standard InChI is InChI=1S/C10H11N5O2S/c1-6-14-8(15-17-6)5-11-9(16)7-3-12-10(18-2)13-4-7/h3-4H,5H2,1-2H3,(H,11,16). The third-order valence-corrected chi connectivity index (χ3v) is 2.63. The summed E-state index contributed by atoms with van der Waals surface area (Å²) < 4.78 is 4.79. The zero-order valence-corrected chi connectivity index (χ0v) is 10.7. The van der Waals surface area contributed by atoms with Crippen LogP contribution in [0.25, 0.3) is 0 Å². The highest BCUT2D eigenvalue weighted by Gasteiger charge is 2.08. The molecular weight excluding hydrogens is 254 g/mol. The van der Waals surface area contributed by atoms with Gasteiger partial charge in [-0.1, -0.05) is 16.9 Å². The van der Waals surface area contributed by atoms with Crippen molar-refractivity contribution < 1.29 is 9.32 Å². The van der Waals surface area contributed by atoms with Gasteiger partial charge in [0.2, 0.25) is 5.89 Å². The Balaban J connectivity index is 1.94. The number of thioether (sulfide) groups is 1. The lowest BCUT2D eigenvalue weighted by Crippen LogP contribution is -2.23. The van der Waals surface area contributed by atoms with E-state index in [0.717, 1.165) is 0 Å². The van der Waals surface area contributed by atoms with Crippen molar-refractivity contribution in [1.29, 1.82) is 0 Å². The van der Waals surface area contributed by atoms with Crippen LogP contribution >= 0.6 is 11.8 Å². The molecule has 2 rings (SSSR count). The predicted octanol–water partition coefficient (Wildman–Crippen LogP) is 0.820. The number of carbonyl (C=O) groups is 1. The van der Waals surface area contributed by atoms with Crippen molar-refractivity contribution in [3.8, 4) is 0 Å². The molecule has 0 aliphatic rings. The first kappa shape index (κ1) is 12.5. The zero-order chi connectivity index (χ0) is 13.0. The van der Waals surface area contributed by atoms with Gasteiger partial charge in [0.15, 0.2) is 11.0 Å². The highest BCUT2D eigenvalue weighted by molar-refractivity contribution is 7.98. The lowest BCUT2D eigenvalue weighted by molar-refractivity contribution is 0.0948. The van der Waals surface area contributed by atoms with Crippen molar-refractivity contribution >= 4 is 17.7 Å². The van der Waals surface area contributed by atoms with E-state index in [1.54, 1.807) is 6.92 Å². The van der Waals surface area contributed by atoms with Crippen molar-refractivity contribution in [3.63, 3.8) is 0 Å². The minimum atomic E-state index is -0.273. The first-order chi connectivity index (χ1) is 8.69. The van der Waals surface area contributed by atoms with E-state index >= 15 is 0 Å². The number of nitrogens with zero attached hydrogens (tertiary/aromatic N) is 4. The molecule has 0 saturated heterocycles. The monoisotopic (exact) mass is 265 g/mol. The van der Waals surface area contributed by atoms with Crippen LogP contribution in [0.5, 0.6) is 0 Å². The van der Waals surface area contributed by atoms with Crippen LogP contribution in [0.2, 0.25) is 0 Å². The van der Waals surface area contributed by atoms with Crippen LogP contribution in [0.4, 0.5) is 0 Å². The molecule has 94 valence electrons. The molecule has 2 aromatic rings. The van der Waals surface area contributed by atoms with E-state index in [9.17, 15) is 4.79 Å². The summed E-state index contributed by atoms with van der Waals surface area (Å²) in [6, 6.07) is 0. The van der Waals surface area contributed by atoms with E-state index in [0.29, 0.717) is 22.4 Å². The van der Waals surface area contributed by atoms with E-state index in [4.69, 9.17) is 4.52 Å². The average Bonchev–Trinajstić information content (AvgIpc) is 2.82. The third-order valence-electron chi connectivity index (χ3n) is 2.05. The molecule has 0 aliphatic heterocycles. The molecular formula is C10H11N5O2S. The van der Waals surface area contributed by atoms with Gasteiger partial charge in [-0.15, -0.1) is 0 Å². The quantitative estimate of drug-likeness (QED) is 0.646. The lowest BCUT2D eigenvalue weighted by atomic mass is 10.3. The van der Waals surface area contributed by atoms with E-state index in [-0.39, 0.29) is 12.5 Å². The van der Waals surface area contributed by atoms with Gasteiger partial charge in [-0.2, -0.15) is 4.98 Å². The molecule has 0 atom stereocenters. The highest BCUT2D eigenvalue weighted by atomic mass is 32.2. The Morgan fingerprint density at radius 2 is 2.17 bits per heavy atom. The number of amides is 1. The first-order valence-electron chi connectivity index (χ1n) is 5.12. The molecule has 0 aromatic carbocycles. The van der Waals surface area contributed by atoms with Gasteiger partial charge in [-0.3, -0.25) is 4.79 Å². The summed E-state index contributed by atoms with van der Waals surface area (Å²) in [6.45, 7) is 1.90. The molecule has 1 amide bonds. The molecule has 0 saturated carbocycles. The summed E-state index contributed by atoms with van der Waals surface area (Å²) in [7, 11) is 0. The molecule has 0 bridgehead atoms. The second-order valence-electron chi connectivity index (χ2n) is 3.37. The normalized spacial score (nSPS) is 10.3. The predicted molar refractivity (Wildman–Crippen MR) is 64.0 cm³/mol. The number of hydrogen-bond acceptors (Lipinski definition) is 7. The number of rotatable bonds is 4. The molecule has 2 aromatic heterocycles. The molecule has 0 spiro atoms. The largest absolute Gasteiger partial charge is 0.345 e. The van der Waals surface area contributed by atoms with Gasteiger partial charge >= 0.3 is 0 Å². The van der Waals surface area contributed by atoms with Gasteiger partial charge in [0.05, 0.1) is 12.1 Å². The maximum absolute atomic E-state index is 11.7. The fraction of sp³-hybridized carbons (Fsp3) is 0.300. The number of hydrogen-bond donors (Lipinski definition) is 1. The Morgan fingerprint density at radius 3 is 2.72 bits per heavy atom. The molecule has 7 nitrogen and oxygen atoms in total. The number of aromatic nitrogens is 4. The minimum absolute atomic E-state index is 0.209. The molecule has 0 unspecified atom stereocenters. The first-order valence-corrected chi connectivity index (χ1v) is 6.35. The summed E-state index contributed by atoms with van der Waals surface area (Å²) >= 11 is 1.42. The van der Waals surface area contributed by atoms with E-state index in [1.807, 2.05) is 6.26 Å². The molecule has 18 heavy (non-hydrogen) atoms. The van der Waals surface area contributed by atoms with Crippen LogP contribution in [-0.2, 0) is 6.54 Å². The number of carbonyl (C=O) groups excluding carboxylic acids is 1. The van der Waals surface area contributed by atoms with Crippen LogP contribution in [0.1, 0.15) is 22.1 Å². The second kappa shape index (κ2) is 5.58. The molecule has 1 N–H and O–H groups in total. The SMILES string of the molecule is CSc1ncc(C(=O)NCc2noc(C)n2)cn1. The Kier molecular flexibility index (Phi) is 3.88. The summed E-state index contributed by atoms with van der Waals surface area (Å²) in [5, 5.41) is 6.95. The Labute approximate surface area is 107 Å². The number of aryl methyl sites for hydroxylation is 1. The van der Waals surface area contributed by atoms with E-state index < -0.39 is 0 Å². The molecule has 0 fully saturated rings. The van der Waals surface area contributed by atoms with Gasteiger partial charge in [0, 0.05) is 19.3 Å². The summed E-state index contributed by atoms with van der Waals surface area (Å²) in [4.78, 5) is 23.8. The van der Waals surface area contributed by atoms with E-state index in [2.05, 4.69) is 25.4 Å². The van der Waals surface area contributed by atoms with Crippen molar-refractivity contribution in [1.82, 2.24) is 25.4 Å². The van der Waals surface area contributed by atoms with Crippen molar-refractivity contribution in [2.45, 2.75) is 18.6 Å². The van der Waals surface area contributed by atoms with Crippen molar-refractivity contribution in [2.75, 3.05) is 6.26 Å². The second-order valence-corrected chi connectivity index (χ2v) is 4.14. The van der Waals surface area contributed by atoms with Crippen LogP contribution in [0.15, 0.2) is 22.1 Å². The smallest absolute Gasteiger partial charge is 0.254 e. The lowest BCUT2D eigenvalue weighted by Gasteiger charge is -2.01. The van der Waals surface area contributed by atoms with Gasteiger partial charge in [-0.25, -0.2) is 9.97 Å². The van der Waals surface area contributed by atoms with Gasteiger partial charge in [0.25, 0.3) is 5.91 Å². The maximum Gasteiger partial charge on any atom is 0.254 e. The molecule has 8 heteroatoms. The Hall–Kier alpha value is -1.96. The molecule has 0 radical (unpaired) electrons. The maximum atomic E-state index is 11.7. The van der Waals surface area contributed by atoms with Crippen molar-refractivity contribution in [3.05, 3.63) is 29.7 Å². The molecule has 2 heterocycles. The van der Waals surface area contributed by atoms with Crippen molar-refractivity contribution in [2.24, 2.45) is 0 Å². The Bertz CT molecular complexity index is 539. The molecule has 0 aliphatic carbocycles. The summed E-state index contributed by atoms with van der Waals surface area (Å²) in [6.07, 6.45) is 4.83. The summed E-state index contributed by atoms with van der Waals surface area (Å²) in [5.74, 6) is 0.625. The fourth-order valence-corrected chi connectivity index (χ4v) is 1.53.